The van der Waals surface area contributed by atoms with Crippen LogP contribution in [0.4, 0.5) is 5.69 Å². The van der Waals surface area contributed by atoms with Crippen LogP contribution >= 0.6 is 11.3 Å². The molecule has 6 nitrogen and oxygen atoms in total. The SMILES string of the molecule is O=[N+]([O-])c1cccc2nc(C=Cc3cn(-c4ccccc4)nc3-c3cccs3)ccc12. The zero-order valence-electron chi connectivity index (χ0n) is 16.3. The van der Waals surface area contributed by atoms with E-state index in [-0.39, 0.29) is 10.6 Å². The van der Waals surface area contributed by atoms with Gasteiger partial charge in [-0.1, -0.05) is 30.3 Å². The summed E-state index contributed by atoms with van der Waals surface area (Å²) in [5.74, 6) is 0. The van der Waals surface area contributed by atoms with Crippen molar-refractivity contribution in [2.24, 2.45) is 0 Å². The number of hydrogen-bond acceptors (Lipinski definition) is 5. The number of rotatable bonds is 5. The van der Waals surface area contributed by atoms with Gasteiger partial charge in [0, 0.05) is 17.8 Å². The summed E-state index contributed by atoms with van der Waals surface area (Å²) in [7, 11) is 0. The molecule has 0 unspecified atom stereocenters. The molecule has 0 saturated heterocycles. The molecule has 3 aromatic heterocycles. The van der Waals surface area contributed by atoms with Crippen LogP contribution < -0.4 is 0 Å². The van der Waals surface area contributed by atoms with Gasteiger partial charge in [0.2, 0.25) is 0 Å². The van der Waals surface area contributed by atoms with Gasteiger partial charge in [0.25, 0.3) is 5.69 Å². The topological polar surface area (TPSA) is 73.8 Å². The molecule has 0 aliphatic heterocycles. The third-order valence-electron chi connectivity index (χ3n) is 4.88. The number of aromatic nitrogens is 3. The number of benzene rings is 2. The summed E-state index contributed by atoms with van der Waals surface area (Å²) in [4.78, 5) is 16.5. The molecule has 0 aliphatic carbocycles. The highest BCUT2D eigenvalue weighted by molar-refractivity contribution is 7.13. The number of non-ortho nitro benzene ring substituents is 1. The average Bonchev–Trinajstić information content (AvgIpc) is 3.47. The standard InChI is InChI=1S/C24H16N4O2S/c29-28(30)22-9-4-8-21-20(22)14-13-18(25-21)12-11-17-16-27(19-6-2-1-3-7-19)26-24(17)23-10-5-15-31-23/h1-16H. The van der Waals surface area contributed by atoms with Crippen molar-refractivity contribution in [1.82, 2.24) is 14.8 Å². The first-order chi connectivity index (χ1) is 15.2. The summed E-state index contributed by atoms with van der Waals surface area (Å²) >= 11 is 1.64. The second-order valence-corrected chi connectivity index (χ2v) is 7.81. The molecule has 0 N–H and O–H groups in total. The van der Waals surface area contributed by atoms with Gasteiger partial charge in [-0.2, -0.15) is 5.10 Å². The molecule has 150 valence electrons. The van der Waals surface area contributed by atoms with Crippen LogP contribution in [0.15, 0.2) is 84.4 Å². The second-order valence-electron chi connectivity index (χ2n) is 6.86. The zero-order chi connectivity index (χ0) is 21.2. The lowest BCUT2D eigenvalue weighted by Crippen LogP contribution is -1.93. The maximum absolute atomic E-state index is 11.2. The minimum atomic E-state index is -0.384. The van der Waals surface area contributed by atoms with Gasteiger partial charge in [-0.3, -0.25) is 10.1 Å². The van der Waals surface area contributed by atoms with E-state index in [4.69, 9.17) is 5.10 Å². The Morgan fingerprint density at radius 1 is 0.935 bits per heavy atom. The van der Waals surface area contributed by atoms with E-state index in [9.17, 15) is 10.1 Å². The molecule has 0 bridgehead atoms. The van der Waals surface area contributed by atoms with E-state index in [0.29, 0.717) is 10.9 Å². The molecule has 2 aromatic carbocycles. The highest BCUT2D eigenvalue weighted by Gasteiger charge is 2.13. The Balaban J connectivity index is 1.55. The Labute approximate surface area is 181 Å². The minimum absolute atomic E-state index is 0.0599. The molecule has 0 amide bonds. The molecule has 5 aromatic rings. The molecule has 0 spiro atoms. The lowest BCUT2D eigenvalue weighted by molar-refractivity contribution is -0.383. The van der Waals surface area contributed by atoms with Crippen LogP contribution in [0.1, 0.15) is 11.3 Å². The van der Waals surface area contributed by atoms with E-state index in [0.717, 1.165) is 27.5 Å². The Kier molecular flexibility index (Phi) is 4.86. The minimum Gasteiger partial charge on any atom is -0.258 e. The summed E-state index contributed by atoms with van der Waals surface area (Å²) < 4.78 is 1.87. The Morgan fingerprint density at radius 2 is 1.81 bits per heavy atom. The number of nitrogens with zero attached hydrogens (tertiary/aromatic N) is 4. The van der Waals surface area contributed by atoms with Gasteiger partial charge in [0.1, 0.15) is 5.69 Å². The largest absolute Gasteiger partial charge is 0.278 e. The Morgan fingerprint density at radius 3 is 2.58 bits per heavy atom. The average molecular weight is 424 g/mol. The summed E-state index contributed by atoms with van der Waals surface area (Å²) in [6.45, 7) is 0. The molecule has 0 saturated carbocycles. The molecule has 3 heterocycles. The first-order valence-corrected chi connectivity index (χ1v) is 10.5. The van der Waals surface area contributed by atoms with Gasteiger partial charge >= 0.3 is 0 Å². The van der Waals surface area contributed by atoms with Gasteiger partial charge in [0.15, 0.2) is 0 Å². The van der Waals surface area contributed by atoms with Crippen molar-refractivity contribution in [3.05, 3.63) is 106 Å². The fraction of sp³-hybridized carbons (Fsp3) is 0. The quantitative estimate of drug-likeness (QED) is 0.248. The fourth-order valence-corrected chi connectivity index (χ4v) is 4.14. The number of para-hydroxylation sites is 1. The molecule has 0 atom stereocenters. The van der Waals surface area contributed by atoms with Gasteiger partial charge in [0.05, 0.1) is 32.1 Å². The Hall–Kier alpha value is -4.10. The van der Waals surface area contributed by atoms with Crippen LogP contribution in [0.5, 0.6) is 0 Å². The number of nitro groups is 1. The van der Waals surface area contributed by atoms with E-state index < -0.39 is 0 Å². The predicted molar refractivity (Wildman–Crippen MR) is 124 cm³/mol. The lowest BCUT2D eigenvalue weighted by atomic mass is 10.1. The normalized spacial score (nSPS) is 11.4. The van der Waals surface area contributed by atoms with Crippen molar-refractivity contribution in [3.63, 3.8) is 0 Å². The lowest BCUT2D eigenvalue weighted by Gasteiger charge is -2.00. The van der Waals surface area contributed by atoms with Crippen molar-refractivity contribution >= 4 is 40.1 Å². The summed E-state index contributed by atoms with van der Waals surface area (Å²) in [6, 6.07) is 22.5. The number of pyridine rings is 1. The van der Waals surface area contributed by atoms with Crippen LogP contribution in [0.2, 0.25) is 0 Å². The Bertz CT molecular complexity index is 1410. The molecular formula is C24H16N4O2S. The van der Waals surface area contributed by atoms with Crippen molar-refractivity contribution in [2.45, 2.75) is 0 Å². The molecule has 0 fully saturated rings. The molecule has 5 rings (SSSR count). The molecule has 0 radical (unpaired) electrons. The number of nitro benzene ring substituents is 1. The van der Waals surface area contributed by atoms with Gasteiger partial charge in [-0.25, -0.2) is 9.67 Å². The van der Waals surface area contributed by atoms with E-state index in [1.807, 2.05) is 70.9 Å². The summed E-state index contributed by atoms with van der Waals surface area (Å²) in [6.07, 6.45) is 5.88. The van der Waals surface area contributed by atoms with E-state index in [1.165, 1.54) is 6.07 Å². The van der Waals surface area contributed by atoms with Gasteiger partial charge < -0.3 is 0 Å². The van der Waals surface area contributed by atoms with Gasteiger partial charge in [-0.05, 0) is 53.9 Å². The van der Waals surface area contributed by atoms with Crippen LogP contribution in [-0.2, 0) is 0 Å². The highest BCUT2D eigenvalue weighted by Crippen LogP contribution is 2.29. The predicted octanol–water partition coefficient (Wildman–Crippen LogP) is 6.23. The highest BCUT2D eigenvalue weighted by atomic mass is 32.1. The summed E-state index contributed by atoms with van der Waals surface area (Å²) in [5.41, 5.74) is 4.21. The number of fused-ring (bicyclic) bond motifs is 1. The van der Waals surface area contributed by atoms with Crippen LogP contribution in [0.25, 0.3) is 39.3 Å². The zero-order valence-corrected chi connectivity index (χ0v) is 17.1. The molecule has 31 heavy (non-hydrogen) atoms. The molecular weight excluding hydrogens is 408 g/mol. The van der Waals surface area contributed by atoms with Crippen molar-refractivity contribution in [1.29, 1.82) is 0 Å². The summed E-state index contributed by atoms with van der Waals surface area (Å²) in [5, 5.41) is 18.6. The number of thiophene rings is 1. The first kappa shape index (κ1) is 18.9. The van der Waals surface area contributed by atoms with Crippen molar-refractivity contribution in [2.75, 3.05) is 0 Å². The first-order valence-electron chi connectivity index (χ1n) is 9.60. The van der Waals surface area contributed by atoms with Crippen LogP contribution in [0.3, 0.4) is 0 Å². The van der Waals surface area contributed by atoms with E-state index in [2.05, 4.69) is 4.98 Å². The smallest absolute Gasteiger partial charge is 0.258 e. The van der Waals surface area contributed by atoms with Gasteiger partial charge in [-0.15, -0.1) is 11.3 Å². The maximum atomic E-state index is 11.2. The maximum Gasteiger partial charge on any atom is 0.278 e. The van der Waals surface area contributed by atoms with E-state index >= 15 is 0 Å². The van der Waals surface area contributed by atoms with Crippen LogP contribution in [0, 0.1) is 10.1 Å². The molecule has 0 aliphatic rings. The molecule has 7 heteroatoms. The monoisotopic (exact) mass is 424 g/mol. The third-order valence-corrected chi connectivity index (χ3v) is 5.76. The fourth-order valence-electron chi connectivity index (χ4n) is 3.41. The van der Waals surface area contributed by atoms with Crippen molar-refractivity contribution in [3.8, 4) is 16.3 Å². The third kappa shape index (κ3) is 3.74. The van der Waals surface area contributed by atoms with Crippen molar-refractivity contribution < 1.29 is 4.92 Å². The second kappa shape index (κ2) is 7.97. The van der Waals surface area contributed by atoms with E-state index in [1.54, 1.807) is 35.6 Å². The number of hydrogen-bond donors (Lipinski definition) is 0. The van der Waals surface area contributed by atoms with Crippen LogP contribution in [-0.4, -0.2) is 19.7 Å².